The molecule has 3 aromatic rings. The molecule has 5 heteroatoms. The summed E-state index contributed by atoms with van der Waals surface area (Å²) in [6.07, 6.45) is 1.75. The molecule has 0 unspecified atom stereocenters. The van der Waals surface area contributed by atoms with E-state index < -0.39 is 0 Å². The molecule has 0 aliphatic heterocycles. The first-order valence-corrected chi connectivity index (χ1v) is 8.87. The molecule has 0 bridgehead atoms. The molecule has 1 amide bonds. The average Bonchev–Trinajstić information content (AvgIpc) is 2.63. The lowest BCUT2D eigenvalue weighted by Gasteiger charge is -2.11. The molecular formula is C22H23N3O2. The van der Waals surface area contributed by atoms with Gasteiger partial charge in [-0.2, -0.15) is 0 Å². The minimum absolute atomic E-state index is 0.133. The summed E-state index contributed by atoms with van der Waals surface area (Å²) in [6, 6.07) is 18.7. The van der Waals surface area contributed by atoms with Crippen LogP contribution >= 0.6 is 0 Å². The number of carbonyl (C=O) groups is 1. The van der Waals surface area contributed by atoms with Crippen molar-refractivity contribution in [2.45, 2.75) is 26.9 Å². The van der Waals surface area contributed by atoms with Crippen molar-refractivity contribution in [1.29, 1.82) is 0 Å². The number of amides is 1. The van der Waals surface area contributed by atoms with Crippen LogP contribution in [0, 0.1) is 6.92 Å². The molecule has 0 radical (unpaired) electrons. The first-order valence-electron chi connectivity index (χ1n) is 8.87. The minimum atomic E-state index is -0.174. The summed E-state index contributed by atoms with van der Waals surface area (Å²) in [5.74, 6) is 1.24. The van der Waals surface area contributed by atoms with Gasteiger partial charge in [-0.15, -0.1) is 0 Å². The molecule has 2 aromatic carbocycles. The zero-order valence-electron chi connectivity index (χ0n) is 15.7. The Morgan fingerprint density at radius 2 is 1.78 bits per heavy atom. The van der Waals surface area contributed by atoms with Gasteiger partial charge in [0.05, 0.1) is 6.10 Å². The van der Waals surface area contributed by atoms with Crippen LogP contribution in [0.2, 0.25) is 0 Å². The maximum Gasteiger partial charge on any atom is 0.255 e. The number of nitrogens with zero attached hydrogens (tertiary/aromatic N) is 1. The lowest BCUT2D eigenvalue weighted by atomic mass is 10.2. The number of anilines is 3. The topological polar surface area (TPSA) is 63.2 Å². The average molecular weight is 361 g/mol. The van der Waals surface area contributed by atoms with E-state index in [2.05, 4.69) is 15.6 Å². The second kappa shape index (κ2) is 8.36. The van der Waals surface area contributed by atoms with Crippen molar-refractivity contribution in [2.75, 3.05) is 10.6 Å². The zero-order valence-corrected chi connectivity index (χ0v) is 15.7. The van der Waals surface area contributed by atoms with Crippen LogP contribution in [0.1, 0.15) is 29.8 Å². The second-order valence-corrected chi connectivity index (χ2v) is 6.57. The van der Waals surface area contributed by atoms with E-state index in [0.717, 1.165) is 22.7 Å². The molecule has 1 heterocycles. The fraction of sp³-hybridized carbons (Fsp3) is 0.182. The van der Waals surface area contributed by atoms with Crippen LogP contribution in [-0.4, -0.2) is 17.0 Å². The predicted molar refractivity (Wildman–Crippen MR) is 109 cm³/mol. The molecule has 0 saturated carbocycles. The van der Waals surface area contributed by atoms with Crippen molar-refractivity contribution >= 4 is 23.1 Å². The molecule has 0 saturated heterocycles. The van der Waals surface area contributed by atoms with Gasteiger partial charge in [-0.25, -0.2) is 4.98 Å². The van der Waals surface area contributed by atoms with E-state index in [9.17, 15) is 4.79 Å². The Morgan fingerprint density at radius 1 is 1.00 bits per heavy atom. The van der Waals surface area contributed by atoms with Crippen LogP contribution in [0.4, 0.5) is 17.2 Å². The van der Waals surface area contributed by atoms with Gasteiger partial charge in [-0.3, -0.25) is 4.79 Å². The largest absolute Gasteiger partial charge is 0.491 e. The van der Waals surface area contributed by atoms with Gasteiger partial charge in [0.15, 0.2) is 0 Å². The van der Waals surface area contributed by atoms with E-state index in [1.165, 1.54) is 0 Å². The van der Waals surface area contributed by atoms with E-state index in [0.29, 0.717) is 11.4 Å². The van der Waals surface area contributed by atoms with Gasteiger partial charge >= 0.3 is 0 Å². The third-order valence-electron chi connectivity index (χ3n) is 3.80. The summed E-state index contributed by atoms with van der Waals surface area (Å²) in [5.41, 5.74) is 3.27. The van der Waals surface area contributed by atoms with Crippen molar-refractivity contribution in [3.8, 4) is 5.75 Å². The maximum absolute atomic E-state index is 12.5. The number of hydrogen-bond donors (Lipinski definition) is 2. The Labute approximate surface area is 159 Å². The van der Waals surface area contributed by atoms with Crippen LogP contribution in [0.5, 0.6) is 5.75 Å². The predicted octanol–water partition coefficient (Wildman–Crippen LogP) is 5.17. The highest BCUT2D eigenvalue weighted by Gasteiger charge is 2.08. The van der Waals surface area contributed by atoms with Crippen molar-refractivity contribution in [3.63, 3.8) is 0 Å². The van der Waals surface area contributed by atoms with Gasteiger partial charge < -0.3 is 15.4 Å². The molecule has 3 rings (SSSR count). The number of aryl methyl sites for hydroxylation is 1. The normalized spacial score (nSPS) is 10.5. The lowest BCUT2D eigenvalue weighted by molar-refractivity contribution is 0.102. The van der Waals surface area contributed by atoms with E-state index in [1.807, 2.05) is 69.3 Å². The van der Waals surface area contributed by atoms with E-state index >= 15 is 0 Å². The first-order chi connectivity index (χ1) is 13.0. The van der Waals surface area contributed by atoms with Gasteiger partial charge in [0.25, 0.3) is 5.91 Å². The fourth-order valence-electron chi connectivity index (χ4n) is 2.60. The van der Waals surface area contributed by atoms with Crippen molar-refractivity contribution in [3.05, 3.63) is 78.0 Å². The fourth-order valence-corrected chi connectivity index (χ4v) is 2.60. The Hall–Kier alpha value is -3.34. The van der Waals surface area contributed by atoms with Crippen LogP contribution in [0.25, 0.3) is 0 Å². The summed E-state index contributed by atoms with van der Waals surface area (Å²) in [7, 11) is 0. The molecule has 5 nitrogen and oxygen atoms in total. The smallest absolute Gasteiger partial charge is 0.255 e. The van der Waals surface area contributed by atoms with Crippen LogP contribution in [-0.2, 0) is 0 Å². The highest BCUT2D eigenvalue weighted by molar-refractivity contribution is 6.04. The number of carbonyl (C=O) groups excluding carboxylic acids is 1. The molecule has 2 N–H and O–H groups in total. The Balaban J connectivity index is 1.68. The highest BCUT2D eigenvalue weighted by atomic mass is 16.5. The molecule has 1 aromatic heterocycles. The van der Waals surface area contributed by atoms with Gasteiger partial charge in [-0.05, 0) is 74.9 Å². The Morgan fingerprint density at radius 3 is 2.48 bits per heavy atom. The summed E-state index contributed by atoms with van der Waals surface area (Å²) in [6.45, 7) is 5.97. The van der Waals surface area contributed by atoms with Gasteiger partial charge in [0, 0.05) is 23.1 Å². The summed E-state index contributed by atoms with van der Waals surface area (Å²) < 4.78 is 5.64. The number of rotatable bonds is 6. The first kappa shape index (κ1) is 18.5. The highest BCUT2D eigenvalue weighted by Crippen LogP contribution is 2.20. The monoisotopic (exact) mass is 361 g/mol. The number of ether oxygens (including phenoxy) is 1. The van der Waals surface area contributed by atoms with Crippen molar-refractivity contribution < 1.29 is 9.53 Å². The molecule has 138 valence electrons. The van der Waals surface area contributed by atoms with Crippen LogP contribution in [0.15, 0.2) is 66.9 Å². The van der Waals surface area contributed by atoms with Crippen molar-refractivity contribution in [1.82, 2.24) is 4.98 Å². The van der Waals surface area contributed by atoms with Gasteiger partial charge in [-0.1, -0.05) is 12.1 Å². The molecule has 0 fully saturated rings. The van der Waals surface area contributed by atoms with E-state index in [-0.39, 0.29) is 12.0 Å². The van der Waals surface area contributed by atoms with Gasteiger partial charge in [0.2, 0.25) is 0 Å². The third-order valence-corrected chi connectivity index (χ3v) is 3.80. The van der Waals surface area contributed by atoms with Crippen LogP contribution < -0.4 is 15.4 Å². The summed E-state index contributed by atoms with van der Waals surface area (Å²) >= 11 is 0. The maximum atomic E-state index is 12.5. The Bertz CT molecular complexity index is 921. The number of hydrogen-bond acceptors (Lipinski definition) is 4. The number of aromatic nitrogens is 1. The molecule has 0 aliphatic carbocycles. The molecule has 0 spiro atoms. The number of benzene rings is 2. The molecule has 27 heavy (non-hydrogen) atoms. The van der Waals surface area contributed by atoms with Crippen molar-refractivity contribution in [2.24, 2.45) is 0 Å². The second-order valence-electron chi connectivity index (χ2n) is 6.57. The molecule has 0 atom stereocenters. The van der Waals surface area contributed by atoms with Gasteiger partial charge in [0.1, 0.15) is 11.6 Å². The van der Waals surface area contributed by atoms with E-state index in [1.54, 1.807) is 18.3 Å². The zero-order chi connectivity index (χ0) is 19.2. The van der Waals surface area contributed by atoms with Crippen LogP contribution in [0.3, 0.4) is 0 Å². The quantitative estimate of drug-likeness (QED) is 0.635. The Kier molecular flexibility index (Phi) is 5.71. The number of nitrogens with one attached hydrogen (secondary N) is 2. The lowest BCUT2D eigenvalue weighted by Crippen LogP contribution is -2.12. The number of pyridine rings is 1. The summed E-state index contributed by atoms with van der Waals surface area (Å²) in [5, 5.41) is 6.11. The minimum Gasteiger partial charge on any atom is -0.491 e. The molecule has 0 aliphatic rings. The van der Waals surface area contributed by atoms with E-state index in [4.69, 9.17) is 4.74 Å². The summed E-state index contributed by atoms with van der Waals surface area (Å²) in [4.78, 5) is 16.8. The third kappa shape index (κ3) is 5.31. The molecular weight excluding hydrogens is 338 g/mol. The standard InChI is InChI=1S/C22H23N3O2/c1-15(2)27-20-9-7-18(8-10-20)24-21-14-17(11-12-23-21)22(26)25-19-6-4-5-16(3)13-19/h4-15H,1-3H3,(H,23,24)(H,25,26). The SMILES string of the molecule is Cc1cccc(NC(=O)c2ccnc(Nc3ccc(OC(C)C)cc3)c2)c1.